The first kappa shape index (κ1) is 22.9. The Kier molecular flexibility index (Phi) is 6.07. The van der Waals surface area contributed by atoms with Crippen molar-refractivity contribution in [2.24, 2.45) is 0 Å². The first-order valence-electron chi connectivity index (χ1n) is 11.7. The minimum atomic E-state index is -3.65. The van der Waals surface area contributed by atoms with Gasteiger partial charge in [0, 0.05) is 45.6 Å². The molecule has 34 heavy (non-hydrogen) atoms. The summed E-state index contributed by atoms with van der Waals surface area (Å²) in [5.74, 6) is 0.945. The van der Waals surface area contributed by atoms with Crippen LogP contribution in [0.5, 0.6) is 5.75 Å². The van der Waals surface area contributed by atoms with E-state index in [1.54, 1.807) is 29.0 Å². The molecule has 3 heterocycles. The predicted octanol–water partition coefficient (Wildman–Crippen LogP) is 2.00. The Morgan fingerprint density at radius 1 is 0.941 bits per heavy atom. The Balaban J connectivity index is 1.21. The highest BCUT2D eigenvalue weighted by Crippen LogP contribution is 2.39. The number of ether oxygens (including phenoxy) is 1. The molecule has 5 rings (SSSR count). The number of aryl methyl sites for hydroxylation is 2. The maximum Gasteiger partial charge on any atom is 0.243 e. The van der Waals surface area contributed by atoms with E-state index in [1.165, 1.54) is 4.31 Å². The van der Waals surface area contributed by atoms with E-state index in [0.717, 1.165) is 28.1 Å². The van der Waals surface area contributed by atoms with E-state index < -0.39 is 10.0 Å². The van der Waals surface area contributed by atoms with E-state index in [2.05, 4.69) is 0 Å². The molecule has 0 aliphatic carbocycles. The number of hydrogen-bond donors (Lipinski definition) is 0. The van der Waals surface area contributed by atoms with Crippen LogP contribution in [0.2, 0.25) is 0 Å². The van der Waals surface area contributed by atoms with E-state index in [0.29, 0.717) is 56.6 Å². The van der Waals surface area contributed by atoms with E-state index in [9.17, 15) is 18.0 Å². The maximum absolute atomic E-state index is 13.4. The molecule has 1 fully saturated rings. The van der Waals surface area contributed by atoms with Crippen LogP contribution in [0.15, 0.2) is 41.3 Å². The molecular weight excluding hydrogens is 454 g/mol. The normalized spacial score (nSPS) is 18.2. The average Bonchev–Trinajstić information content (AvgIpc) is 3.30. The number of rotatable bonds is 6. The van der Waals surface area contributed by atoms with Gasteiger partial charge in [0.15, 0.2) is 0 Å². The molecule has 0 saturated carbocycles. The van der Waals surface area contributed by atoms with Gasteiger partial charge >= 0.3 is 0 Å². The fraction of sp³-hybridized carbons (Fsp3) is 0.440. The highest BCUT2D eigenvalue weighted by Gasteiger charge is 2.35. The molecule has 0 spiro atoms. The highest BCUT2D eigenvalue weighted by molar-refractivity contribution is 7.89. The lowest BCUT2D eigenvalue weighted by Gasteiger charge is -2.34. The van der Waals surface area contributed by atoms with Gasteiger partial charge in [0.1, 0.15) is 5.75 Å². The number of anilines is 1. The van der Waals surface area contributed by atoms with Crippen molar-refractivity contribution < 1.29 is 22.7 Å². The van der Waals surface area contributed by atoms with Crippen LogP contribution in [0.4, 0.5) is 5.69 Å². The quantitative estimate of drug-likeness (QED) is 0.627. The molecule has 2 aromatic rings. The third-order valence-corrected chi connectivity index (χ3v) is 8.92. The minimum absolute atomic E-state index is 0.0413. The van der Waals surface area contributed by atoms with Crippen molar-refractivity contribution in [3.63, 3.8) is 0 Å². The molecule has 0 N–H and O–H groups in total. The summed E-state index contributed by atoms with van der Waals surface area (Å²) < 4.78 is 33.4. The molecule has 1 saturated heterocycles. The summed E-state index contributed by atoms with van der Waals surface area (Å²) in [6.07, 6.45) is 2.72. The van der Waals surface area contributed by atoms with Gasteiger partial charge in [-0.2, -0.15) is 4.31 Å². The van der Waals surface area contributed by atoms with E-state index in [4.69, 9.17) is 4.74 Å². The zero-order chi connectivity index (χ0) is 23.9. The number of piperazine rings is 1. The second-order valence-corrected chi connectivity index (χ2v) is 11.0. The second-order valence-electron chi connectivity index (χ2n) is 9.02. The third kappa shape index (κ3) is 4.18. The van der Waals surface area contributed by atoms with Gasteiger partial charge in [-0.05, 0) is 60.2 Å². The minimum Gasteiger partial charge on any atom is -0.497 e. The molecule has 3 aliphatic rings. The smallest absolute Gasteiger partial charge is 0.243 e. The lowest BCUT2D eigenvalue weighted by atomic mass is 10.00. The second kappa shape index (κ2) is 9.03. The highest BCUT2D eigenvalue weighted by atomic mass is 32.2. The Morgan fingerprint density at radius 2 is 1.62 bits per heavy atom. The van der Waals surface area contributed by atoms with Crippen molar-refractivity contribution in [3.8, 4) is 5.75 Å². The molecular formula is C25H29N3O5S. The van der Waals surface area contributed by atoms with Crippen LogP contribution in [0.25, 0.3) is 0 Å². The standard InChI is InChI=1S/C25H29N3O5S/c1-33-21-6-2-18(3-7-21)4-8-23(29)26-12-14-27(15-13-26)34(31,32)22-16-19-5-9-24(30)28-11-10-20(17-22)25(19)28/h2-3,6-7,16-17H,4-5,8-15H2,1H3. The summed E-state index contributed by atoms with van der Waals surface area (Å²) >= 11 is 0. The van der Waals surface area contributed by atoms with Gasteiger partial charge in [-0.3, -0.25) is 9.59 Å². The van der Waals surface area contributed by atoms with Gasteiger partial charge in [0.25, 0.3) is 0 Å². The number of benzene rings is 2. The Hall–Kier alpha value is -2.91. The van der Waals surface area contributed by atoms with Crippen LogP contribution < -0.4 is 9.64 Å². The van der Waals surface area contributed by atoms with Crippen LogP contribution in [0, 0.1) is 0 Å². The number of carbonyl (C=O) groups is 2. The zero-order valence-electron chi connectivity index (χ0n) is 19.3. The molecule has 2 amide bonds. The van der Waals surface area contributed by atoms with Gasteiger partial charge in [-0.25, -0.2) is 8.42 Å². The van der Waals surface area contributed by atoms with Crippen molar-refractivity contribution in [2.45, 2.75) is 37.0 Å². The van der Waals surface area contributed by atoms with E-state index >= 15 is 0 Å². The van der Waals surface area contributed by atoms with Crippen molar-refractivity contribution in [1.29, 1.82) is 0 Å². The zero-order valence-corrected chi connectivity index (χ0v) is 20.1. The SMILES string of the molecule is COc1ccc(CCC(=O)N2CCN(S(=O)(=O)c3cc4c5c(c3)CCN5C(=O)CC4)CC2)cc1. The number of sulfonamides is 1. The lowest BCUT2D eigenvalue weighted by molar-refractivity contribution is -0.132. The molecule has 3 aliphatic heterocycles. The summed E-state index contributed by atoms with van der Waals surface area (Å²) in [6.45, 7) is 1.98. The topological polar surface area (TPSA) is 87.2 Å². The molecule has 2 aromatic carbocycles. The van der Waals surface area contributed by atoms with Crippen molar-refractivity contribution >= 4 is 27.5 Å². The third-order valence-electron chi connectivity index (χ3n) is 7.04. The molecule has 0 bridgehead atoms. The van der Waals surface area contributed by atoms with E-state index in [-0.39, 0.29) is 24.9 Å². The van der Waals surface area contributed by atoms with Crippen LogP contribution in [0.3, 0.4) is 0 Å². The molecule has 8 nitrogen and oxygen atoms in total. The number of methoxy groups -OCH3 is 1. The molecule has 0 unspecified atom stereocenters. The summed E-state index contributed by atoms with van der Waals surface area (Å²) in [5, 5.41) is 0. The monoisotopic (exact) mass is 483 g/mol. The number of nitrogens with zero attached hydrogens (tertiary/aromatic N) is 3. The van der Waals surface area contributed by atoms with E-state index in [1.807, 2.05) is 24.3 Å². The van der Waals surface area contributed by atoms with Gasteiger partial charge in [0.2, 0.25) is 21.8 Å². The summed E-state index contributed by atoms with van der Waals surface area (Å²) in [7, 11) is -2.03. The number of carbonyl (C=O) groups excluding carboxylic acids is 2. The summed E-state index contributed by atoms with van der Waals surface area (Å²) in [6, 6.07) is 11.1. The maximum atomic E-state index is 13.4. The number of amides is 2. The lowest BCUT2D eigenvalue weighted by Crippen LogP contribution is -2.50. The largest absolute Gasteiger partial charge is 0.497 e. The molecule has 0 atom stereocenters. The van der Waals surface area contributed by atoms with Crippen LogP contribution in [-0.2, 0) is 38.9 Å². The van der Waals surface area contributed by atoms with Crippen LogP contribution in [0.1, 0.15) is 29.5 Å². The first-order chi connectivity index (χ1) is 16.4. The average molecular weight is 484 g/mol. The Labute approximate surface area is 200 Å². The van der Waals surface area contributed by atoms with Crippen molar-refractivity contribution in [1.82, 2.24) is 9.21 Å². The summed E-state index contributed by atoms with van der Waals surface area (Å²) in [4.78, 5) is 28.7. The molecule has 0 radical (unpaired) electrons. The predicted molar refractivity (Wildman–Crippen MR) is 127 cm³/mol. The van der Waals surface area contributed by atoms with Crippen molar-refractivity contribution in [3.05, 3.63) is 53.1 Å². The van der Waals surface area contributed by atoms with Gasteiger partial charge in [0.05, 0.1) is 17.7 Å². The first-order valence-corrected chi connectivity index (χ1v) is 13.2. The van der Waals surface area contributed by atoms with Crippen LogP contribution in [-0.4, -0.2) is 69.3 Å². The van der Waals surface area contributed by atoms with Gasteiger partial charge in [-0.1, -0.05) is 12.1 Å². The van der Waals surface area contributed by atoms with Gasteiger partial charge in [-0.15, -0.1) is 0 Å². The van der Waals surface area contributed by atoms with Crippen molar-refractivity contribution in [2.75, 3.05) is 44.7 Å². The number of hydrogen-bond acceptors (Lipinski definition) is 5. The Bertz CT molecular complexity index is 1220. The fourth-order valence-corrected chi connectivity index (χ4v) is 6.63. The molecule has 9 heteroatoms. The molecule has 180 valence electrons. The van der Waals surface area contributed by atoms with Gasteiger partial charge < -0.3 is 14.5 Å². The fourth-order valence-electron chi connectivity index (χ4n) is 5.10. The Morgan fingerprint density at radius 3 is 2.29 bits per heavy atom. The molecule has 0 aromatic heterocycles. The van der Waals surface area contributed by atoms with Crippen LogP contribution >= 0.6 is 0 Å². The summed E-state index contributed by atoms with van der Waals surface area (Å²) in [5.41, 5.74) is 3.87.